The molecule has 17 atom stereocenters. The first-order valence-electron chi connectivity index (χ1n) is 36.1. The molecule has 16 nitrogen and oxygen atoms in total. The third-order valence-corrected chi connectivity index (χ3v) is 26.6. The molecule has 1 aromatic heterocycles. The number of fused-ring (bicyclic) bond motifs is 14. The summed E-state index contributed by atoms with van der Waals surface area (Å²) in [6.07, 6.45) is 22.2. The summed E-state index contributed by atoms with van der Waals surface area (Å²) >= 11 is 0. The summed E-state index contributed by atoms with van der Waals surface area (Å²) in [7, 11) is 0. The van der Waals surface area contributed by atoms with Gasteiger partial charge < -0.3 is 66.0 Å². The first-order chi connectivity index (χ1) is 45.8. The number of carbonyl (C=O) groups is 1. The van der Waals surface area contributed by atoms with Crippen LogP contribution in [0.2, 0.25) is 0 Å². The molecule has 5 aliphatic heterocycles. The van der Waals surface area contributed by atoms with Gasteiger partial charge in [0.2, 0.25) is 0 Å². The number of carbonyl (C=O) groups excluding carboxylic acids is 1. The number of benzene rings is 3. The van der Waals surface area contributed by atoms with E-state index in [4.69, 9.17) is 19.6 Å². The van der Waals surface area contributed by atoms with Gasteiger partial charge in [0.15, 0.2) is 5.43 Å². The SMILES string of the molecule is C/C=C(\C(=O)O[C@@H]1Cc2c3c(c4oc(CO)cc(=O)c4c2O)[C@H]2C4=CCNC(N)=C4[C@@H]([C@@H]4CCC5=C6C=C[C@@H](C)NC6NC=C5C[C@H]4[C@]1(C)O3)C1(CCCC1)Cc1ccc(O)cc1[C@H]2CO)[C@]1(O)C[C@@H]2C[C@H]1C[C@H]1C[C@@H](C[C@H](O)C[C@@H](C)C3CCCC3)[C@H](O)c3cccc2c31. The maximum Gasteiger partial charge on any atom is 0.337 e. The van der Waals surface area contributed by atoms with Gasteiger partial charge in [0, 0.05) is 60.2 Å². The minimum Gasteiger partial charge on any atom is -0.508 e. The van der Waals surface area contributed by atoms with E-state index in [0.717, 1.165) is 70.2 Å². The number of nitrogens with two attached hydrogens (primary N) is 1. The first-order valence-corrected chi connectivity index (χ1v) is 36.1. The molecule has 4 aromatic rings. The Bertz CT molecular complexity index is 4050. The molecule has 12 N–H and O–H groups in total. The highest BCUT2D eigenvalue weighted by Gasteiger charge is 2.63. The second-order valence-corrected chi connectivity index (χ2v) is 31.5. The molecule has 12 aliphatic rings. The van der Waals surface area contributed by atoms with Crippen molar-refractivity contribution < 1.29 is 54.4 Å². The maximum absolute atomic E-state index is 16.3. The lowest BCUT2D eigenvalue weighted by molar-refractivity contribution is -0.173. The number of dihydropyridines is 2. The lowest BCUT2D eigenvalue weighted by Gasteiger charge is -2.55. The number of nitrogens with one attached hydrogen (secondary N) is 3. The van der Waals surface area contributed by atoms with E-state index in [1.807, 2.05) is 12.1 Å². The molecule has 4 saturated carbocycles. The predicted molar refractivity (Wildman–Crippen MR) is 361 cm³/mol. The van der Waals surface area contributed by atoms with Crippen LogP contribution in [0.5, 0.6) is 17.2 Å². The molecule has 6 bridgehead atoms. The van der Waals surface area contributed by atoms with Gasteiger partial charge in [-0.3, -0.25) is 10.1 Å². The number of aliphatic hydroxyl groups is 5. The molecular formula is C79H96N4O12. The second-order valence-electron chi connectivity index (χ2n) is 31.5. The Labute approximate surface area is 556 Å². The largest absolute Gasteiger partial charge is 0.508 e. The van der Waals surface area contributed by atoms with Crippen molar-refractivity contribution in [1.82, 2.24) is 16.0 Å². The predicted octanol–water partition coefficient (Wildman–Crippen LogP) is 11.1. The van der Waals surface area contributed by atoms with E-state index in [-0.39, 0.29) is 99.9 Å². The summed E-state index contributed by atoms with van der Waals surface area (Å²) in [6, 6.07) is 13.1. The van der Waals surface area contributed by atoms with Gasteiger partial charge in [0.1, 0.15) is 64.3 Å². The van der Waals surface area contributed by atoms with Gasteiger partial charge in [-0.25, -0.2) is 4.79 Å². The highest BCUT2D eigenvalue weighted by molar-refractivity contribution is 5.93. The molecular weight excluding hydrogens is 1200 g/mol. The summed E-state index contributed by atoms with van der Waals surface area (Å²) in [6.45, 7) is 7.57. The number of allylic oxidation sites excluding steroid dienone is 5. The van der Waals surface area contributed by atoms with Crippen LogP contribution in [0.15, 0.2) is 121 Å². The molecule has 504 valence electrons. The van der Waals surface area contributed by atoms with E-state index in [9.17, 15) is 40.5 Å². The van der Waals surface area contributed by atoms with Crippen LogP contribution in [0.4, 0.5) is 0 Å². The number of hydrogen-bond acceptors (Lipinski definition) is 16. The molecule has 0 radical (unpaired) electrons. The molecule has 95 heavy (non-hydrogen) atoms. The average molecular weight is 1290 g/mol. The molecule has 7 aliphatic carbocycles. The Balaban J connectivity index is 0.861. The molecule has 3 aromatic carbocycles. The zero-order chi connectivity index (χ0) is 65.7. The first kappa shape index (κ1) is 63.1. The lowest BCUT2D eigenvalue weighted by Crippen LogP contribution is -2.60. The van der Waals surface area contributed by atoms with Crippen LogP contribution < -0.4 is 31.8 Å². The molecule has 6 heterocycles. The van der Waals surface area contributed by atoms with E-state index < -0.39 is 83.0 Å². The molecule has 1 unspecified atom stereocenters. The fourth-order valence-electron chi connectivity index (χ4n) is 22.4. The van der Waals surface area contributed by atoms with Crippen molar-refractivity contribution in [1.29, 1.82) is 0 Å². The van der Waals surface area contributed by atoms with Gasteiger partial charge in [0.25, 0.3) is 0 Å². The number of aliphatic hydroxyl groups excluding tert-OH is 4. The lowest BCUT2D eigenvalue weighted by atomic mass is 9.54. The average Bonchev–Trinajstić information content (AvgIpc) is 1.65. The Hall–Kier alpha value is -6.66. The van der Waals surface area contributed by atoms with Crippen molar-refractivity contribution >= 4 is 16.9 Å². The normalized spacial score (nSPS) is 34.8. The molecule has 0 saturated heterocycles. The van der Waals surface area contributed by atoms with Gasteiger partial charge in [-0.1, -0.05) is 94.0 Å². The zero-order valence-electron chi connectivity index (χ0n) is 55.5. The minimum atomic E-state index is -1.63. The zero-order valence-corrected chi connectivity index (χ0v) is 55.5. The van der Waals surface area contributed by atoms with Crippen LogP contribution >= 0.6 is 0 Å². The van der Waals surface area contributed by atoms with Crippen LogP contribution in [0.1, 0.15) is 211 Å². The van der Waals surface area contributed by atoms with Crippen molar-refractivity contribution in [3.63, 3.8) is 0 Å². The number of phenolic OH excluding ortho intramolecular Hbond substituents is 2. The van der Waals surface area contributed by atoms with Crippen molar-refractivity contribution in [3.05, 3.63) is 167 Å². The van der Waals surface area contributed by atoms with Gasteiger partial charge in [-0.05, 0) is 218 Å². The molecule has 16 rings (SSSR count). The number of rotatable bonds is 10. The van der Waals surface area contributed by atoms with Gasteiger partial charge in [0.05, 0.1) is 30.0 Å². The summed E-state index contributed by atoms with van der Waals surface area (Å²) in [5.74, 6) is -2.76. The fraction of sp³-hybridized carbons (Fsp3) is 0.570. The van der Waals surface area contributed by atoms with Gasteiger partial charge in [-0.15, -0.1) is 0 Å². The Morgan fingerprint density at radius 3 is 2.54 bits per heavy atom. The Kier molecular flexibility index (Phi) is 15.8. The maximum atomic E-state index is 16.3. The molecule has 16 heteroatoms. The van der Waals surface area contributed by atoms with E-state index in [1.165, 1.54) is 42.9 Å². The highest BCUT2D eigenvalue weighted by atomic mass is 16.6. The minimum absolute atomic E-state index is 0.00943. The second kappa shape index (κ2) is 23.8. The standard InChI is InChI=1S/C79H96N4O12/c1-5-60(79(92)35-45-28-47(79)27-43-26-44(70(89)56-14-10-13-52(45)64(43)56)29-49(87)25-39(2)41-11-6-7-12-41)76(91)94-63-33-58-71(90)67-62(88)32-50(37-84)93-73(67)68-65-55-21-24-81-74(80)66(55)69(78(22-8-9-23-78)34-42-16-17-48(86)31-57(42)59(65)38-85)54-20-19-51-46(30-61(54)77(63,4)95-72(58)68)36-82-75-53(51)18-15-40(3)83-75/h5,10,13-18,21,31-32,36,39-41,43-45,47,49,54,59,61,63,65,69-70,75,81-87,89-90,92H,6-9,11-12,19-20,22-30,33-35,37-38,80H2,1-4H3/b60-5+/t39-,40-,43-,44+,45+,47-,49-,54-,59-,61-,63-,65+,69-,70+,75?,77+,79+/m1/s1. The molecule has 1 spiro atoms. The topological polar surface area (TPSA) is 269 Å². The number of phenols is 2. The van der Waals surface area contributed by atoms with Crippen LogP contribution in [-0.2, 0) is 29.0 Å². The number of esters is 1. The molecule has 0 amide bonds. The highest BCUT2D eigenvalue weighted by Crippen LogP contribution is 2.67. The van der Waals surface area contributed by atoms with Crippen LogP contribution in [-0.4, -0.2) is 90.5 Å². The Morgan fingerprint density at radius 1 is 0.968 bits per heavy atom. The van der Waals surface area contributed by atoms with Gasteiger partial charge >= 0.3 is 5.97 Å². The number of hydrogen-bond donors (Lipinski definition) is 11. The summed E-state index contributed by atoms with van der Waals surface area (Å²) in [4.78, 5) is 31.3. The van der Waals surface area contributed by atoms with Crippen LogP contribution in [0.3, 0.4) is 0 Å². The molecule has 4 fully saturated rings. The van der Waals surface area contributed by atoms with Crippen LogP contribution in [0.25, 0.3) is 11.0 Å². The van der Waals surface area contributed by atoms with Crippen molar-refractivity contribution in [2.75, 3.05) is 13.2 Å². The summed E-state index contributed by atoms with van der Waals surface area (Å²) in [5, 5.41) is 96.8. The van der Waals surface area contributed by atoms with Crippen molar-refractivity contribution in [2.45, 2.75) is 222 Å². The third-order valence-electron chi connectivity index (χ3n) is 26.6. The van der Waals surface area contributed by atoms with Crippen molar-refractivity contribution in [3.8, 4) is 17.2 Å². The van der Waals surface area contributed by atoms with Crippen LogP contribution in [0, 0.1) is 46.8 Å². The smallest absolute Gasteiger partial charge is 0.337 e. The monoisotopic (exact) mass is 1290 g/mol. The van der Waals surface area contributed by atoms with E-state index in [1.54, 1.807) is 25.1 Å². The summed E-state index contributed by atoms with van der Waals surface area (Å²) < 4.78 is 22.2. The van der Waals surface area contributed by atoms with Crippen molar-refractivity contribution in [2.24, 2.45) is 52.6 Å². The summed E-state index contributed by atoms with van der Waals surface area (Å²) in [5.41, 5.74) is 14.5. The fourth-order valence-corrected chi connectivity index (χ4v) is 22.4. The third kappa shape index (κ3) is 9.99. The number of aromatic hydroxyl groups is 2. The van der Waals surface area contributed by atoms with E-state index in [2.05, 4.69) is 73.3 Å². The van der Waals surface area contributed by atoms with E-state index in [0.29, 0.717) is 87.6 Å². The quantitative estimate of drug-likeness (QED) is 0.0521. The van der Waals surface area contributed by atoms with Gasteiger partial charge in [-0.2, -0.15) is 0 Å². The van der Waals surface area contributed by atoms with E-state index >= 15 is 4.79 Å². The Morgan fingerprint density at radius 2 is 1.76 bits per heavy atom. The number of ether oxygens (including phenoxy) is 2.